The lowest BCUT2D eigenvalue weighted by Crippen LogP contribution is -2.46. The second-order valence-corrected chi connectivity index (χ2v) is 11.9. The van der Waals surface area contributed by atoms with E-state index in [0.717, 1.165) is 56.4 Å². The van der Waals surface area contributed by atoms with Gasteiger partial charge in [0.1, 0.15) is 0 Å². The first-order valence-electron chi connectivity index (χ1n) is 13.9. The van der Waals surface area contributed by atoms with Crippen LogP contribution >= 0.6 is 0 Å². The summed E-state index contributed by atoms with van der Waals surface area (Å²) in [7, 11) is 0. The van der Waals surface area contributed by atoms with E-state index < -0.39 is 5.97 Å². The fraction of sp³-hybridized carbons (Fsp3) is 0.567. The quantitative estimate of drug-likeness (QED) is 0.599. The molecule has 1 aromatic rings. The molecule has 3 unspecified atom stereocenters. The molecule has 3 atom stereocenters. The Balaban J connectivity index is 0.992. The van der Waals surface area contributed by atoms with Gasteiger partial charge >= 0.3 is 5.97 Å². The number of hydroxylamine groups is 1. The lowest BCUT2D eigenvalue weighted by atomic mass is 9.81. The Bertz CT molecular complexity index is 1110. The number of nitrogens with zero attached hydrogens (tertiary/aromatic N) is 2. The van der Waals surface area contributed by atoms with Crippen molar-refractivity contribution in [1.82, 2.24) is 15.3 Å². The maximum Gasteiger partial charge on any atom is 0.335 e. The molecule has 2 saturated carbocycles. The van der Waals surface area contributed by atoms with E-state index in [4.69, 9.17) is 9.94 Å². The number of rotatable bonds is 6. The largest absolute Gasteiger partial charge is 0.478 e. The van der Waals surface area contributed by atoms with E-state index in [9.17, 15) is 4.79 Å². The maximum absolute atomic E-state index is 11.2. The fourth-order valence-corrected chi connectivity index (χ4v) is 7.08. The Hall–Kier alpha value is -2.41. The van der Waals surface area contributed by atoms with E-state index in [1.807, 2.05) is 12.1 Å². The Labute approximate surface area is 213 Å². The Kier molecular flexibility index (Phi) is 5.60. The molecule has 2 saturated heterocycles. The van der Waals surface area contributed by atoms with Crippen LogP contribution in [0.5, 0.6) is 0 Å². The molecular weight excluding hydrogens is 450 g/mol. The van der Waals surface area contributed by atoms with Gasteiger partial charge in [0.15, 0.2) is 0 Å². The minimum absolute atomic E-state index is 0.119. The molecule has 0 amide bonds. The summed E-state index contributed by atoms with van der Waals surface area (Å²) in [4.78, 5) is 22.8. The third-order valence-electron chi connectivity index (χ3n) is 9.63. The SMILES string of the molecule is O=C(O)c1ccc(C2CC3(CCN(CC4=CN(C5CCC5)C5C(C6CC6)=CC=CC45)CC3)ON2)cc1. The van der Waals surface area contributed by atoms with Crippen LogP contribution in [0.25, 0.3) is 0 Å². The second-order valence-electron chi connectivity index (χ2n) is 11.9. The first-order valence-corrected chi connectivity index (χ1v) is 13.9. The van der Waals surface area contributed by atoms with Gasteiger partial charge in [0.25, 0.3) is 0 Å². The standard InChI is InChI=1S/C30H37N3O3/c34-29(35)22-11-9-21(10-12-22)27-17-30(36-31-27)13-15-32(16-14-30)18-23-19-33(24-3-1-4-24)28-25(20-7-8-20)5-2-6-26(23)28/h2,5-6,9-12,19-20,24,26-28,31H,1,3-4,7-8,13-18H2,(H,34,35). The van der Waals surface area contributed by atoms with E-state index in [2.05, 4.69) is 39.7 Å². The van der Waals surface area contributed by atoms with Crippen LogP contribution in [0.1, 0.15) is 73.3 Å². The fourth-order valence-electron chi connectivity index (χ4n) is 7.08. The Morgan fingerprint density at radius 2 is 1.89 bits per heavy atom. The van der Waals surface area contributed by atoms with Gasteiger partial charge < -0.3 is 10.0 Å². The van der Waals surface area contributed by atoms with Crippen LogP contribution in [0.3, 0.4) is 0 Å². The van der Waals surface area contributed by atoms with Gasteiger partial charge in [-0.15, -0.1) is 0 Å². The number of carbonyl (C=O) groups is 1. The topological polar surface area (TPSA) is 65.0 Å². The summed E-state index contributed by atoms with van der Waals surface area (Å²) in [6.07, 6.45) is 19.6. The summed E-state index contributed by atoms with van der Waals surface area (Å²) in [5.41, 5.74) is 7.87. The number of nitrogens with one attached hydrogen (secondary N) is 1. The first-order chi connectivity index (χ1) is 17.6. The van der Waals surface area contributed by atoms with Crippen LogP contribution in [0.15, 0.2) is 59.8 Å². The average Bonchev–Trinajstić information content (AvgIpc) is 3.55. The number of carboxylic acid groups (broad SMARTS) is 1. The summed E-state index contributed by atoms with van der Waals surface area (Å²) in [5, 5.41) is 9.17. The van der Waals surface area contributed by atoms with Gasteiger partial charge in [-0.2, -0.15) is 5.48 Å². The molecule has 4 fully saturated rings. The molecule has 3 aliphatic heterocycles. The van der Waals surface area contributed by atoms with Crippen LogP contribution in [0.4, 0.5) is 0 Å². The van der Waals surface area contributed by atoms with Gasteiger partial charge in [-0.1, -0.05) is 30.4 Å². The second kappa shape index (κ2) is 8.86. The number of aromatic carboxylic acids is 1. The molecule has 190 valence electrons. The molecule has 3 aliphatic carbocycles. The van der Waals surface area contributed by atoms with Crippen molar-refractivity contribution in [2.75, 3.05) is 19.6 Å². The average molecular weight is 488 g/mol. The zero-order valence-corrected chi connectivity index (χ0v) is 20.9. The van der Waals surface area contributed by atoms with Crippen LogP contribution in [0, 0.1) is 11.8 Å². The molecule has 0 bridgehead atoms. The normalized spacial score (nSPS) is 31.8. The highest BCUT2D eigenvalue weighted by Gasteiger charge is 2.47. The third kappa shape index (κ3) is 4.04. The zero-order valence-electron chi connectivity index (χ0n) is 20.9. The van der Waals surface area contributed by atoms with Gasteiger partial charge in [-0.05, 0) is 79.7 Å². The van der Waals surface area contributed by atoms with E-state index in [-0.39, 0.29) is 11.6 Å². The predicted molar refractivity (Wildman–Crippen MR) is 138 cm³/mol. The van der Waals surface area contributed by atoms with Crippen LogP contribution in [-0.4, -0.2) is 58.2 Å². The van der Waals surface area contributed by atoms with Gasteiger partial charge in [0.05, 0.1) is 23.2 Å². The van der Waals surface area contributed by atoms with Crippen molar-refractivity contribution in [2.45, 2.75) is 75.1 Å². The lowest BCUT2D eigenvalue weighted by molar-refractivity contribution is -0.0881. The van der Waals surface area contributed by atoms with Crippen molar-refractivity contribution in [1.29, 1.82) is 0 Å². The molecule has 0 radical (unpaired) electrons. The minimum atomic E-state index is -0.885. The highest BCUT2D eigenvalue weighted by atomic mass is 16.7. The Morgan fingerprint density at radius 1 is 1.11 bits per heavy atom. The summed E-state index contributed by atoms with van der Waals surface area (Å²) in [6.45, 7) is 3.18. The van der Waals surface area contributed by atoms with Crippen LogP contribution in [0.2, 0.25) is 0 Å². The number of likely N-dealkylation sites (tertiary alicyclic amines) is 1. The number of benzene rings is 1. The molecule has 0 aromatic heterocycles. The molecule has 1 aromatic carbocycles. The number of allylic oxidation sites excluding steroid dienone is 2. The molecule has 2 N–H and O–H groups in total. The predicted octanol–water partition coefficient (Wildman–Crippen LogP) is 4.83. The number of hydrogen-bond donors (Lipinski definition) is 2. The van der Waals surface area contributed by atoms with Crippen molar-refractivity contribution in [3.05, 3.63) is 71.0 Å². The summed E-state index contributed by atoms with van der Waals surface area (Å²) in [5.74, 6) is 0.488. The first kappa shape index (κ1) is 22.8. The highest BCUT2D eigenvalue weighted by Crippen LogP contribution is 2.49. The van der Waals surface area contributed by atoms with Crippen molar-refractivity contribution < 1.29 is 14.7 Å². The number of fused-ring (bicyclic) bond motifs is 1. The lowest BCUT2D eigenvalue weighted by Gasteiger charge is -2.42. The molecule has 1 spiro atoms. The van der Waals surface area contributed by atoms with Crippen molar-refractivity contribution >= 4 is 5.97 Å². The van der Waals surface area contributed by atoms with Gasteiger partial charge in [0, 0.05) is 44.2 Å². The summed E-state index contributed by atoms with van der Waals surface area (Å²) in [6, 6.07) is 8.64. The smallest absolute Gasteiger partial charge is 0.335 e. The van der Waals surface area contributed by atoms with Crippen molar-refractivity contribution in [3.8, 4) is 0 Å². The molecule has 36 heavy (non-hydrogen) atoms. The number of carboxylic acids is 1. The van der Waals surface area contributed by atoms with Gasteiger partial charge in [0.2, 0.25) is 0 Å². The van der Waals surface area contributed by atoms with Gasteiger partial charge in [-0.3, -0.25) is 9.74 Å². The monoisotopic (exact) mass is 487 g/mol. The zero-order chi connectivity index (χ0) is 24.3. The van der Waals surface area contributed by atoms with Crippen LogP contribution in [-0.2, 0) is 4.84 Å². The highest BCUT2D eigenvalue weighted by molar-refractivity contribution is 5.87. The minimum Gasteiger partial charge on any atom is -0.478 e. The molecule has 6 nitrogen and oxygen atoms in total. The van der Waals surface area contributed by atoms with E-state index in [1.165, 1.54) is 32.1 Å². The number of piperidine rings is 1. The summed E-state index contributed by atoms with van der Waals surface area (Å²) >= 11 is 0. The molecule has 3 heterocycles. The summed E-state index contributed by atoms with van der Waals surface area (Å²) < 4.78 is 0. The van der Waals surface area contributed by atoms with E-state index >= 15 is 0 Å². The molecule has 6 aliphatic rings. The maximum atomic E-state index is 11.2. The molecule has 6 heteroatoms. The third-order valence-corrected chi connectivity index (χ3v) is 9.63. The molecular formula is C30H37N3O3. The Morgan fingerprint density at radius 3 is 2.56 bits per heavy atom. The van der Waals surface area contributed by atoms with Crippen LogP contribution < -0.4 is 5.48 Å². The van der Waals surface area contributed by atoms with E-state index in [1.54, 1.807) is 23.3 Å². The van der Waals surface area contributed by atoms with Gasteiger partial charge in [-0.25, -0.2) is 4.79 Å². The van der Waals surface area contributed by atoms with Crippen molar-refractivity contribution in [3.63, 3.8) is 0 Å². The number of hydrogen-bond acceptors (Lipinski definition) is 5. The molecule has 7 rings (SSSR count). The van der Waals surface area contributed by atoms with Crippen molar-refractivity contribution in [2.24, 2.45) is 11.8 Å². The van der Waals surface area contributed by atoms with E-state index in [0.29, 0.717) is 17.5 Å².